The van der Waals surface area contributed by atoms with Crippen LogP contribution < -0.4 is 0 Å². The Bertz CT molecular complexity index is 3820. The Kier molecular flexibility index (Phi) is 6.10. The van der Waals surface area contributed by atoms with Crippen molar-refractivity contribution in [3.8, 4) is 28.1 Å². The van der Waals surface area contributed by atoms with E-state index in [0.717, 1.165) is 71.9 Å². The topological polar surface area (TPSA) is 57.0 Å². The fourth-order valence-electron chi connectivity index (χ4n) is 9.29. The molecule has 5 heteroatoms. The fourth-order valence-corrected chi connectivity index (χ4v) is 9.29. The molecule has 13 rings (SSSR count). The van der Waals surface area contributed by atoms with Gasteiger partial charge in [0.05, 0.1) is 22.9 Å². The Balaban J connectivity index is 0.973. The van der Waals surface area contributed by atoms with Gasteiger partial charge in [0.15, 0.2) is 0 Å². The maximum atomic E-state index is 6.54. The van der Waals surface area contributed by atoms with Gasteiger partial charge in [-0.2, -0.15) is 0 Å². The van der Waals surface area contributed by atoms with Gasteiger partial charge in [-0.3, -0.25) is 0 Å². The zero-order valence-corrected chi connectivity index (χ0v) is 30.4. The molecule has 0 bridgehead atoms. The largest absolute Gasteiger partial charge is 0.456 e. The fraction of sp³-hybridized carbons (Fsp3) is 0. The SMILES string of the molecule is c1ccc(-n2c3ccccc3c3cc(-c4ccc5oc6cccc(-c7cnc8c(n7)oc7cc9c%10ccccc%10c%10ccccc%10c9cc78)c6c5c4)ccc32)cc1. The maximum absolute atomic E-state index is 6.54. The highest BCUT2D eigenvalue weighted by Gasteiger charge is 2.20. The molecule has 5 nitrogen and oxygen atoms in total. The first-order valence-electron chi connectivity index (χ1n) is 19.2. The van der Waals surface area contributed by atoms with Crippen molar-refractivity contribution < 1.29 is 8.83 Å². The number of fused-ring (bicyclic) bond motifs is 15. The van der Waals surface area contributed by atoms with E-state index in [0.29, 0.717) is 5.71 Å². The van der Waals surface area contributed by atoms with Crippen LogP contribution in [-0.2, 0) is 0 Å². The van der Waals surface area contributed by atoms with Crippen LogP contribution in [0.25, 0.3) is 126 Å². The molecule has 57 heavy (non-hydrogen) atoms. The van der Waals surface area contributed by atoms with Crippen LogP contribution >= 0.6 is 0 Å². The lowest BCUT2D eigenvalue weighted by Gasteiger charge is -2.10. The lowest BCUT2D eigenvalue weighted by atomic mass is 9.93. The van der Waals surface area contributed by atoms with Crippen molar-refractivity contribution in [2.45, 2.75) is 0 Å². The van der Waals surface area contributed by atoms with E-state index in [-0.39, 0.29) is 0 Å². The maximum Gasteiger partial charge on any atom is 0.246 e. The molecule has 0 amide bonds. The molecule has 0 spiro atoms. The molecule has 0 aliphatic rings. The number of hydrogen-bond acceptors (Lipinski definition) is 4. The minimum Gasteiger partial charge on any atom is -0.456 e. The van der Waals surface area contributed by atoms with E-state index in [1.54, 1.807) is 0 Å². The summed E-state index contributed by atoms with van der Waals surface area (Å²) in [5.74, 6) is 0. The van der Waals surface area contributed by atoms with Gasteiger partial charge in [0.2, 0.25) is 5.71 Å². The van der Waals surface area contributed by atoms with Gasteiger partial charge in [-0.15, -0.1) is 0 Å². The molecular weight excluding hydrogens is 699 g/mol. The Morgan fingerprint density at radius 1 is 0.404 bits per heavy atom. The number of rotatable bonds is 3. The molecule has 0 atom stereocenters. The molecule has 0 saturated carbocycles. The van der Waals surface area contributed by atoms with Gasteiger partial charge in [0.25, 0.3) is 0 Å². The van der Waals surface area contributed by atoms with Crippen LogP contribution in [0.5, 0.6) is 0 Å². The predicted molar refractivity (Wildman–Crippen MR) is 234 cm³/mol. The van der Waals surface area contributed by atoms with Crippen LogP contribution in [0.3, 0.4) is 0 Å². The third-order valence-electron chi connectivity index (χ3n) is 11.8. The molecule has 0 fully saturated rings. The van der Waals surface area contributed by atoms with Crippen molar-refractivity contribution in [3.05, 3.63) is 176 Å². The highest BCUT2D eigenvalue weighted by Crippen LogP contribution is 2.42. The number of hydrogen-bond donors (Lipinski definition) is 0. The van der Waals surface area contributed by atoms with Crippen LogP contribution in [0.15, 0.2) is 185 Å². The van der Waals surface area contributed by atoms with Crippen LogP contribution in [0.1, 0.15) is 0 Å². The third kappa shape index (κ3) is 4.34. The lowest BCUT2D eigenvalue weighted by molar-refractivity contribution is 0.654. The van der Waals surface area contributed by atoms with Crippen molar-refractivity contribution in [2.75, 3.05) is 0 Å². The average Bonchev–Trinajstić information content (AvgIpc) is 3.94. The summed E-state index contributed by atoms with van der Waals surface area (Å²) in [4.78, 5) is 10.2. The first-order chi connectivity index (χ1) is 28.2. The Morgan fingerprint density at radius 2 is 1.05 bits per heavy atom. The molecule has 264 valence electrons. The van der Waals surface area contributed by atoms with Gasteiger partial charge >= 0.3 is 0 Å². The van der Waals surface area contributed by atoms with Crippen molar-refractivity contribution in [2.24, 2.45) is 0 Å². The number of benzene rings is 9. The number of nitrogens with zero attached hydrogens (tertiary/aromatic N) is 3. The van der Waals surface area contributed by atoms with Crippen molar-refractivity contribution in [3.63, 3.8) is 0 Å². The van der Waals surface area contributed by atoms with E-state index in [2.05, 4.69) is 162 Å². The summed E-state index contributed by atoms with van der Waals surface area (Å²) in [6.07, 6.45) is 1.87. The van der Waals surface area contributed by atoms with Crippen molar-refractivity contribution >= 4 is 98.3 Å². The van der Waals surface area contributed by atoms with Gasteiger partial charge in [-0.05, 0) is 104 Å². The van der Waals surface area contributed by atoms with E-state index < -0.39 is 0 Å². The highest BCUT2D eigenvalue weighted by atomic mass is 16.3. The molecule has 0 radical (unpaired) electrons. The van der Waals surface area contributed by atoms with E-state index in [1.807, 2.05) is 18.3 Å². The summed E-state index contributed by atoms with van der Waals surface area (Å²) in [6, 6.07) is 60.2. The summed E-state index contributed by atoms with van der Waals surface area (Å²) in [7, 11) is 0. The second-order valence-electron chi connectivity index (χ2n) is 14.9. The Labute approximate surface area is 324 Å². The Hall–Kier alpha value is -7.76. The molecule has 9 aromatic carbocycles. The highest BCUT2D eigenvalue weighted by molar-refractivity contribution is 6.28. The molecule has 4 heterocycles. The van der Waals surface area contributed by atoms with Gasteiger partial charge in [-0.25, -0.2) is 9.97 Å². The van der Waals surface area contributed by atoms with Gasteiger partial charge in [0, 0.05) is 38.2 Å². The molecule has 0 unspecified atom stereocenters. The van der Waals surface area contributed by atoms with Gasteiger partial charge < -0.3 is 13.4 Å². The zero-order chi connectivity index (χ0) is 37.2. The summed E-state index contributed by atoms with van der Waals surface area (Å²) in [5, 5.41) is 12.6. The van der Waals surface area contributed by atoms with Crippen molar-refractivity contribution in [1.29, 1.82) is 0 Å². The molecule has 0 saturated heterocycles. The molecular formula is C52H29N3O2. The molecule has 4 aromatic heterocycles. The smallest absolute Gasteiger partial charge is 0.246 e. The molecule has 0 aliphatic carbocycles. The van der Waals surface area contributed by atoms with Crippen LogP contribution in [0, 0.1) is 0 Å². The number of aromatic nitrogens is 3. The average molecular weight is 728 g/mol. The van der Waals surface area contributed by atoms with Gasteiger partial charge in [-0.1, -0.05) is 109 Å². The van der Waals surface area contributed by atoms with E-state index in [4.69, 9.17) is 18.8 Å². The number of para-hydroxylation sites is 2. The second kappa shape index (κ2) is 11.4. The minimum atomic E-state index is 0.514. The van der Waals surface area contributed by atoms with Crippen LogP contribution in [0.2, 0.25) is 0 Å². The predicted octanol–water partition coefficient (Wildman–Crippen LogP) is 14.2. The monoisotopic (exact) mass is 727 g/mol. The number of furan rings is 2. The first kappa shape index (κ1) is 30.6. The standard InChI is InChI=1S/C52H29N3O2/c1-2-11-32(12-3-1)55-45-19-9-8-17-37(45)41-25-30(21-23-46(41)55)31-22-24-47-42(26-31)50-38(18-10-20-48(50)56-47)44-29-53-51-43-27-39-35-15-6-4-13-33(35)34-14-5-7-16-36(34)40(39)28-49(43)57-52(51)54-44/h1-29H. The summed E-state index contributed by atoms with van der Waals surface area (Å²) in [5.41, 5.74) is 11.1. The van der Waals surface area contributed by atoms with E-state index in [9.17, 15) is 0 Å². The third-order valence-corrected chi connectivity index (χ3v) is 11.8. The van der Waals surface area contributed by atoms with Crippen molar-refractivity contribution in [1.82, 2.24) is 14.5 Å². The summed E-state index contributed by atoms with van der Waals surface area (Å²) in [6.45, 7) is 0. The van der Waals surface area contributed by atoms with Crippen LogP contribution in [0.4, 0.5) is 0 Å². The molecule has 0 aliphatic heterocycles. The summed E-state index contributed by atoms with van der Waals surface area (Å²) >= 11 is 0. The van der Waals surface area contributed by atoms with Crippen LogP contribution in [-0.4, -0.2) is 14.5 Å². The van der Waals surface area contributed by atoms with Gasteiger partial charge in [0.1, 0.15) is 22.3 Å². The van der Waals surface area contributed by atoms with E-state index in [1.165, 1.54) is 48.7 Å². The summed E-state index contributed by atoms with van der Waals surface area (Å²) < 4.78 is 15.3. The van der Waals surface area contributed by atoms with E-state index >= 15 is 0 Å². The molecule has 13 aromatic rings. The lowest BCUT2D eigenvalue weighted by Crippen LogP contribution is -1.92. The minimum absolute atomic E-state index is 0.514. The second-order valence-corrected chi connectivity index (χ2v) is 14.9. The quantitative estimate of drug-likeness (QED) is 0.170. The first-order valence-corrected chi connectivity index (χ1v) is 19.2. The molecule has 0 N–H and O–H groups in total. The normalized spacial score (nSPS) is 12.2. The zero-order valence-electron chi connectivity index (χ0n) is 30.4. The Morgan fingerprint density at radius 3 is 1.84 bits per heavy atom.